The fourth-order valence-electron chi connectivity index (χ4n) is 2.50. The van der Waals surface area contributed by atoms with Gasteiger partial charge in [0.15, 0.2) is 0 Å². The van der Waals surface area contributed by atoms with Crippen molar-refractivity contribution in [1.29, 1.82) is 0 Å². The lowest BCUT2D eigenvalue weighted by atomic mass is 9.98. The first kappa shape index (κ1) is 12.8. The molecule has 0 spiro atoms. The zero-order valence-corrected chi connectivity index (χ0v) is 10.5. The number of rotatable bonds is 4. The number of carbonyl (C=O) groups is 1. The van der Waals surface area contributed by atoms with E-state index in [9.17, 15) is 4.79 Å². The Bertz CT molecular complexity index is 233. The third-order valence-corrected chi connectivity index (χ3v) is 3.59. The summed E-state index contributed by atoms with van der Waals surface area (Å²) in [6.07, 6.45) is 6.55. The molecule has 0 amide bonds. The van der Waals surface area contributed by atoms with Crippen molar-refractivity contribution in [3.8, 4) is 0 Å². The highest BCUT2D eigenvalue weighted by Gasteiger charge is 2.18. The molecule has 4 heteroatoms. The van der Waals surface area contributed by atoms with E-state index in [1.54, 1.807) is 0 Å². The Labute approximate surface area is 103 Å². The summed E-state index contributed by atoms with van der Waals surface area (Å²) in [7, 11) is 0. The molecule has 0 radical (unpaired) electrons. The molecule has 0 N–H and O–H groups in total. The number of hydrogen-bond donors (Lipinski definition) is 0. The van der Waals surface area contributed by atoms with Crippen molar-refractivity contribution in [3.63, 3.8) is 0 Å². The second-order valence-electron chi connectivity index (χ2n) is 4.95. The molecule has 0 atom stereocenters. The molecular weight excluding hydrogens is 218 g/mol. The Morgan fingerprint density at radius 3 is 2.59 bits per heavy atom. The van der Waals surface area contributed by atoms with Crippen LogP contribution < -0.4 is 0 Å². The number of nitrogens with zero attached hydrogens (tertiary/aromatic N) is 1. The van der Waals surface area contributed by atoms with E-state index in [2.05, 4.69) is 4.90 Å². The third kappa shape index (κ3) is 4.64. The summed E-state index contributed by atoms with van der Waals surface area (Å²) < 4.78 is 10.8. The zero-order valence-electron chi connectivity index (χ0n) is 10.5. The van der Waals surface area contributed by atoms with Gasteiger partial charge in [-0.1, -0.05) is 6.42 Å². The third-order valence-electron chi connectivity index (χ3n) is 3.59. The van der Waals surface area contributed by atoms with E-state index in [4.69, 9.17) is 9.47 Å². The predicted octanol–water partition coefficient (Wildman–Crippen LogP) is 1.58. The van der Waals surface area contributed by atoms with Crippen LogP contribution >= 0.6 is 0 Å². The molecule has 2 rings (SSSR count). The van der Waals surface area contributed by atoms with Gasteiger partial charge in [0.1, 0.15) is 6.10 Å². The molecule has 2 aliphatic rings. The minimum absolute atomic E-state index is 0.0246. The summed E-state index contributed by atoms with van der Waals surface area (Å²) in [4.78, 5) is 13.9. The van der Waals surface area contributed by atoms with Gasteiger partial charge in [-0.05, 0) is 25.7 Å². The zero-order chi connectivity index (χ0) is 11.9. The van der Waals surface area contributed by atoms with Crippen LogP contribution in [-0.2, 0) is 14.3 Å². The van der Waals surface area contributed by atoms with Gasteiger partial charge in [0, 0.05) is 19.6 Å². The first-order valence-corrected chi connectivity index (χ1v) is 6.84. The van der Waals surface area contributed by atoms with Crippen molar-refractivity contribution in [2.45, 2.75) is 44.6 Å². The van der Waals surface area contributed by atoms with Crippen molar-refractivity contribution in [2.24, 2.45) is 0 Å². The molecule has 0 bridgehead atoms. The summed E-state index contributed by atoms with van der Waals surface area (Å²) >= 11 is 0. The van der Waals surface area contributed by atoms with Crippen molar-refractivity contribution < 1.29 is 14.3 Å². The molecule has 98 valence electrons. The van der Waals surface area contributed by atoms with Gasteiger partial charge in [0.05, 0.1) is 19.6 Å². The van der Waals surface area contributed by atoms with Gasteiger partial charge in [-0.2, -0.15) is 0 Å². The number of ether oxygens (including phenoxy) is 2. The van der Waals surface area contributed by atoms with Gasteiger partial charge in [-0.15, -0.1) is 0 Å². The minimum Gasteiger partial charge on any atom is -0.462 e. The highest BCUT2D eigenvalue weighted by atomic mass is 16.5. The van der Waals surface area contributed by atoms with Crippen LogP contribution in [0.1, 0.15) is 38.5 Å². The van der Waals surface area contributed by atoms with Crippen molar-refractivity contribution >= 4 is 5.97 Å². The number of morpholine rings is 1. The highest BCUT2D eigenvalue weighted by Crippen LogP contribution is 2.20. The van der Waals surface area contributed by atoms with Gasteiger partial charge in [-0.3, -0.25) is 9.69 Å². The Kier molecular flexibility index (Phi) is 5.26. The molecule has 17 heavy (non-hydrogen) atoms. The Morgan fingerprint density at radius 1 is 1.18 bits per heavy atom. The number of carbonyl (C=O) groups excluding carboxylic acids is 1. The van der Waals surface area contributed by atoms with Crippen molar-refractivity contribution in [2.75, 3.05) is 32.8 Å². The molecule has 1 aliphatic heterocycles. The fraction of sp³-hybridized carbons (Fsp3) is 0.923. The largest absolute Gasteiger partial charge is 0.462 e. The standard InChI is InChI=1S/C13H23NO3/c15-13(17-12-4-2-1-3-5-12)6-7-14-8-10-16-11-9-14/h12H,1-11H2. The number of hydrogen-bond acceptors (Lipinski definition) is 4. The monoisotopic (exact) mass is 241 g/mol. The average Bonchev–Trinajstić information content (AvgIpc) is 2.39. The molecule has 2 fully saturated rings. The van der Waals surface area contributed by atoms with E-state index in [1.165, 1.54) is 19.3 Å². The molecule has 1 saturated heterocycles. The van der Waals surface area contributed by atoms with E-state index in [-0.39, 0.29) is 12.1 Å². The van der Waals surface area contributed by atoms with E-state index in [0.29, 0.717) is 6.42 Å². The SMILES string of the molecule is O=C(CCN1CCOCC1)OC1CCCCC1. The van der Waals surface area contributed by atoms with E-state index < -0.39 is 0 Å². The maximum absolute atomic E-state index is 11.7. The maximum Gasteiger partial charge on any atom is 0.307 e. The Morgan fingerprint density at radius 2 is 1.88 bits per heavy atom. The van der Waals surface area contributed by atoms with Crippen LogP contribution in [0.4, 0.5) is 0 Å². The number of esters is 1. The lowest BCUT2D eigenvalue weighted by Gasteiger charge is -2.27. The van der Waals surface area contributed by atoms with Crippen LogP contribution in [0.5, 0.6) is 0 Å². The molecule has 0 unspecified atom stereocenters. The predicted molar refractivity (Wildman–Crippen MR) is 64.8 cm³/mol. The molecule has 0 aromatic rings. The molecule has 4 nitrogen and oxygen atoms in total. The Hall–Kier alpha value is -0.610. The molecule has 1 aliphatic carbocycles. The normalized spacial score (nSPS) is 23.5. The lowest BCUT2D eigenvalue weighted by Crippen LogP contribution is -2.37. The topological polar surface area (TPSA) is 38.8 Å². The van der Waals surface area contributed by atoms with Crippen LogP contribution in [0.15, 0.2) is 0 Å². The molecule has 1 heterocycles. The summed E-state index contributed by atoms with van der Waals surface area (Å²) in [6, 6.07) is 0. The summed E-state index contributed by atoms with van der Waals surface area (Å²) in [5.74, 6) is -0.0246. The van der Waals surface area contributed by atoms with E-state index >= 15 is 0 Å². The summed E-state index contributed by atoms with van der Waals surface area (Å²) in [5, 5.41) is 0. The Balaban J connectivity index is 1.59. The molecule has 1 saturated carbocycles. The van der Waals surface area contributed by atoms with Crippen LogP contribution in [0.3, 0.4) is 0 Å². The van der Waals surface area contributed by atoms with Gasteiger partial charge >= 0.3 is 5.97 Å². The van der Waals surface area contributed by atoms with Crippen molar-refractivity contribution in [1.82, 2.24) is 4.90 Å². The van der Waals surface area contributed by atoms with Crippen molar-refractivity contribution in [3.05, 3.63) is 0 Å². The molecule has 0 aromatic heterocycles. The first-order chi connectivity index (χ1) is 8.34. The average molecular weight is 241 g/mol. The second kappa shape index (κ2) is 6.97. The first-order valence-electron chi connectivity index (χ1n) is 6.84. The van der Waals surface area contributed by atoms with E-state index in [0.717, 1.165) is 45.7 Å². The van der Waals surface area contributed by atoms with Gasteiger partial charge in [0.25, 0.3) is 0 Å². The highest BCUT2D eigenvalue weighted by molar-refractivity contribution is 5.69. The lowest BCUT2D eigenvalue weighted by molar-refractivity contribution is -0.151. The molecule has 0 aromatic carbocycles. The minimum atomic E-state index is -0.0246. The van der Waals surface area contributed by atoms with Gasteiger partial charge in [0.2, 0.25) is 0 Å². The van der Waals surface area contributed by atoms with Gasteiger partial charge < -0.3 is 9.47 Å². The van der Waals surface area contributed by atoms with E-state index in [1.807, 2.05) is 0 Å². The van der Waals surface area contributed by atoms with Gasteiger partial charge in [-0.25, -0.2) is 0 Å². The fourth-order valence-corrected chi connectivity index (χ4v) is 2.50. The van der Waals surface area contributed by atoms with Crippen LogP contribution in [0.25, 0.3) is 0 Å². The summed E-state index contributed by atoms with van der Waals surface area (Å²) in [5.41, 5.74) is 0. The van der Waals surface area contributed by atoms with Crippen LogP contribution in [-0.4, -0.2) is 49.8 Å². The maximum atomic E-state index is 11.7. The smallest absolute Gasteiger partial charge is 0.307 e. The summed E-state index contributed by atoms with van der Waals surface area (Å²) in [6.45, 7) is 4.28. The van der Waals surface area contributed by atoms with Crippen LogP contribution in [0.2, 0.25) is 0 Å². The van der Waals surface area contributed by atoms with Crippen LogP contribution in [0, 0.1) is 0 Å². The second-order valence-corrected chi connectivity index (χ2v) is 4.95. The molecular formula is C13H23NO3. The quantitative estimate of drug-likeness (QED) is 0.701.